The summed E-state index contributed by atoms with van der Waals surface area (Å²) in [6.07, 6.45) is 0. The molecule has 0 bridgehead atoms. The van der Waals surface area contributed by atoms with E-state index >= 15 is 0 Å². The van der Waals surface area contributed by atoms with E-state index in [1.54, 1.807) is 0 Å². The van der Waals surface area contributed by atoms with Crippen LogP contribution in [-0.2, 0) is 0 Å². The third-order valence-electron chi connectivity index (χ3n) is 3.91. The molecule has 0 spiro atoms. The second kappa shape index (κ2) is 6.71. The fourth-order valence-corrected chi connectivity index (χ4v) is 3.92. The predicted molar refractivity (Wildman–Crippen MR) is 112 cm³/mol. The van der Waals surface area contributed by atoms with Crippen molar-refractivity contribution < 1.29 is 0 Å². The third-order valence-corrected chi connectivity index (χ3v) is 5.96. The quantitative estimate of drug-likeness (QED) is 0.331. The van der Waals surface area contributed by atoms with Gasteiger partial charge in [-0.05, 0) is 105 Å². The van der Waals surface area contributed by atoms with Crippen LogP contribution in [0.3, 0.4) is 0 Å². The first-order valence-electron chi connectivity index (χ1n) is 7.18. The summed E-state index contributed by atoms with van der Waals surface area (Å²) in [5.74, 6) is 0. The van der Waals surface area contributed by atoms with Gasteiger partial charge in [-0.25, -0.2) is 0 Å². The van der Waals surface area contributed by atoms with Gasteiger partial charge in [0.1, 0.15) is 0 Å². The minimum absolute atomic E-state index is 1.29. The summed E-state index contributed by atoms with van der Waals surface area (Å²) in [4.78, 5) is 0. The molecular formula is C20H16I2. The summed E-state index contributed by atoms with van der Waals surface area (Å²) in [5, 5.41) is 0. The molecule has 0 amide bonds. The van der Waals surface area contributed by atoms with Crippen LogP contribution in [0.5, 0.6) is 0 Å². The predicted octanol–water partition coefficient (Wildman–Crippen LogP) is 6.85. The molecule has 0 saturated carbocycles. The second-order valence-corrected chi connectivity index (χ2v) is 7.80. The van der Waals surface area contributed by atoms with Crippen LogP contribution < -0.4 is 0 Å². The minimum Gasteiger partial charge on any atom is -0.0620 e. The van der Waals surface area contributed by atoms with Gasteiger partial charge < -0.3 is 0 Å². The fourth-order valence-electron chi connectivity index (χ4n) is 2.57. The molecule has 0 nitrogen and oxygen atoms in total. The number of hydrogen-bond acceptors (Lipinski definition) is 0. The molecular weight excluding hydrogens is 494 g/mol. The Morgan fingerprint density at radius 3 is 1.91 bits per heavy atom. The van der Waals surface area contributed by atoms with Gasteiger partial charge >= 0.3 is 0 Å². The Hall–Kier alpha value is -0.880. The van der Waals surface area contributed by atoms with Gasteiger partial charge in [0.2, 0.25) is 0 Å². The fraction of sp³-hybridized carbons (Fsp3) is 0.100. The van der Waals surface area contributed by atoms with E-state index < -0.39 is 0 Å². The summed E-state index contributed by atoms with van der Waals surface area (Å²) >= 11 is 4.85. The first-order chi connectivity index (χ1) is 10.6. The molecule has 0 aliphatic heterocycles. The Morgan fingerprint density at radius 1 is 0.591 bits per heavy atom. The molecule has 0 fully saturated rings. The highest BCUT2D eigenvalue weighted by atomic mass is 127. The largest absolute Gasteiger partial charge is 0.0620 e. The lowest BCUT2D eigenvalue weighted by Crippen LogP contribution is -1.89. The Kier molecular flexibility index (Phi) is 4.88. The highest BCUT2D eigenvalue weighted by Gasteiger charge is 2.08. The number of halogens is 2. The van der Waals surface area contributed by atoms with Crippen molar-refractivity contribution in [3.63, 3.8) is 0 Å². The maximum Gasteiger partial charge on any atom is 0.0214 e. The zero-order chi connectivity index (χ0) is 15.7. The van der Waals surface area contributed by atoms with Crippen molar-refractivity contribution in [3.8, 4) is 22.3 Å². The van der Waals surface area contributed by atoms with Gasteiger partial charge in [0.25, 0.3) is 0 Å². The number of hydrogen-bond donors (Lipinski definition) is 0. The lowest BCUT2D eigenvalue weighted by atomic mass is 9.97. The number of benzene rings is 3. The zero-order valence-corrected chi connectivity index (χ0v) is 16.8. The van der Waals surface area contributed by atoms with Gasteiger partial charge in [0.05, 0.1) is 0 Å². The summed E-state index contributed by atoms with van der Waals surface area (Å²) < 4.78 is 2.60. The average Bonchev–Trinajstić information content (AvgIpc) is 2.50. The van der Waals surface area contributed by atoms with Gasteiger partial charge in [0, 0.05) is 7.14 Å². The number of aryl methyl sites for hydroxylation is 2. The van der Waals surface area contributed by atoms with Crippen LogP contribution in [-0.4, -0.2) is 0 Å². The van der Waals surface area contributed by atoms with Gasteiger partial charge in [-0.1, -0.05) is 48.5 Å². The molecule has 2 heteroatoms. The monoisotopic (exact) mass is 510 g/mol. The Bertz CT molecular complexity index is 835. The molecule has 0 N–H and O–H groups in total. The normalized spacial score (nSPS) is 10.7. The molecule has 0 saturated heterocycles. The second-order valence-electron chi connectivity index (χ2n) is 5.47. The lowest BCUT2D eigenvalue weighted by molar-refractivity contribution is 1.42. The van der Waals surface area contributed by atoms with E-state index in [1.165, 1.54) is 40.5 Å². The average molecular weight is 510 g/mol. The SMILES string of the molecule is Cc1ccc(-c2ccc(-c3ccccc3C)cc2I)cc1I. The van der Waals surface area contributed by atoms with Crippen molar-refractivity contribution in [3.05, 3.63) is 78.9 Å². The van der Waals surface area contributed by atoms with Crippen LogP contribution in [0.15, 0.2) is 60.7 Å². The van der Waals surface area contributed by atoms with Crippen molar-refractivity contribution in [2.75, 3.05) is 0 Å². The molecule has 3 aromatic rings. The van der Waals surface area contributed by atoms with Gasteiger partial charge in [-0.3, -0.25) is 0 Å². The molecule has 0 aliphatic carbocycles. The van der Waals surface area contributed by atoms with Crippen molar-refractivity contribution in [2.24, 2.45) is 0 Å². The van der Waals surface area contributed by atoms with E-state index in [4.69, 9.17) is 0 Å². The van der Waals surface area contributed by atoms with E-state index in [-0.39, 0.29) is 0 Å². The first kappa shape index (κ1) is 16.0. The lowest BCUT2D eigenvalue weighted by Gasteiger charge is -2.11. The maximum atomic E-state index is 2.45. The molecule has 3 rings (SSSR count). The smallest absolute Gasteiger partial charge is 0.0214 e. The van der Waals surface area contributed by atoms with Crippen molar-refractivity contribution in [1.82, 2.24) is 0 Å². The summed E-state index contributed by atoms with van der Waals surface area (Å²) in [7, 11) is 0. The molecule has 0 radical (unpaired) electrons. The van der Waals surface area contributed by atoms with Gasteiger partial charge in [0.15, 0.2) is 0 Å². The minimum atomic E-state index is 1.29. The Labute approximate surface area is 159 Å². The third kappa shape index (κ3) is 3.23. The molecule has 0 heterocycles. The summed E-state index contributed by atoms with van der Waals surface area (Å²) in [6, 6.07) is 22.0. The van der Waals surface area contributed by atoms with E-state index in [0.29, 0.717) is 0 Å². The van der Waals surface area contributed by atoms with Crippen molar-refractivity contribution in [2.45, 2.75) is 13.8 Å². The van der Waals surface area contributed by atoms with E-state index in [9.17, 15) is 0 Å². The van der Waals surface area contributed by atoms with E-state index in [0.717, 1.165) is 0 Å². The topological polar surface area (TPSA) is 0 Å². The van der Waals surface area contributed by atoms with Crippen LogP contribution in [0, 0.1) is 21.0 Å². The molecule has 110 valence electrons. The van der Waals surface area contributed by atoms with Crippen molar-refractivity contribution in [1.29, 1.82) is 0 Å². The molecule has 0 atom stereocenters. The molecule has 0 aromatic heterocycles. The molecule has 22 heavy (non-hydrogen) atoms. The van der Waals surface area contributed by atoms with Crippen LogP contribution in [0.4, 0.5) is 0 Å². The first-order valence-corrected chi connectivity index (χ1v) is 9.34. The van der Waals surface area contributed by atoms with Crippen molar-refractivity contribution >= 4 is 45.2 Å². The highest BCUT2D eigenvalue weighted by Crippen LogP contribution is 2.32. The van der Waals surface area contributed by atoms with E-state index in [2.05, 4.69) is 120 Å². The Balaban J connectivity index is 2.06. The summed E-state index contributed by atoms with van der Waals surface area (Å²) in [5.41, 5.74) is 7.83. The highest BCUT2D eigenvalue weighted by molar-refractivity contribution is 14.1. The van der Waals surface area contributed by atoms with Gasteiger partial charge in [-0.2, -0.15) is 0 Å². The maximum absolute atomic E-state index is 2.45. The van der Waals surface area contributed by atoms with E-state index in [1.807, 2.05) is 0 Å². The molecule has 0 aliphatic rings. The number of rotatable bonds is 2. The zero-order valence-electron chi connectivity index (χ0n) is 12.5. The van der Waals surface area contributed by atoms with Crippen LogP contribution in [0.2, 0.25) is 0 Å². The Morgan fingerprint density at radius 2 is 1.23 bits per heavy atom. The van der Waals surface area contributed by atoms with Crippen LogP contribution in [0.1, 0.15) is 11.1 Å². The van der Waals surface area contributed by atoms with Crippen LogP contribution >= 0.6 is 45.2 Å². The van der Waals surface area contributed by atoms with Gasteiger partial charge in [-0.15, -0.1) is 0 Å². The van der Waals surface area contributed by atoms with Crippen LogP contribution in [0.25, 0.3) is 22.3 Å². The molecule has 3 aromatic carbocycles. The standard InChI is InChI=1S/C20H16I2/c1-13-5-3-4-6-17(13)15-9-10-18(20(22)12-15)16-8-7-14(2)19(21)11-16/h3-12H,1-2H3. The molecule has 0 unspecified atom stereocenters. The summed E-state index contributed by atoms with van der Waals surface area (Å²) in [6.45, 7) is 4.32.